The number of H-pyrrole nitrogens is 1. The summed E-state index contributed by atoms with van der Waals surface area (Å²) in [6.45, 7) is 2.02. The van der Waals surface area contributed by atoms with E-state index in [0.29, 0.717) is 0 Å². The van der Waals surface area contributed by atoms with Gasteiger partial charge in [-0.2, -0.15) is 0 Å². The third kappa shape index (κ3) is 0.922. The molecule has 0 spiro atoms. The number of benzene rings is 1. The van der Waals surface area contributed by atoms with E-state index in [1.807, 2.05) is 19.1 Å². The van der Waals surface area contributed by atoms with E-state index in [9.17, 15) is 0 Å². The summed E-state index contributed by atoms with van der Waals surface area (Å²) < 4.78 is 0. The molecule has 1 heterocycles. The van der Waals surface area contributed by atoms with Gasteiger partial charge < -0.3 is 4.98 Å². The van der Waals surface area contributed by atoms with Crippen LogP contribution in [0.4, 0.5) is 0 Å². The average molecular weight is 164 g/mol. The van der Waals surface area contributed by atoms with Gasteiger partial charge in [0.05, 0.1) is 11.8 Å². The predicted molar refractivity (Wildman–Crippen MR) is 48.1 cm³/mol. The Bertz CT molecular complexity index is 392. The van der Waals surface area contributed by atoms with Gasteiger partial charge in [0.25, 0.3) is 0 Å². The lowest BCUT2D eigenvalue weighted by Crippen LogP contribution is -1.77. The molecule has 0 aliphatic rings. The van der Waals surface area contributed by atoms with Crippen LogP contribution in [0.1, 0.15) is 5.56 Å². The van der Waals surface area contributed by atoms with Crippen molar-refractivity contribution in [1.82, 2.24) is 9.97 Å². The molecule has 56 valence electrons. The minimum atomic E-state index is 0.952. The number of hydrogen-bond donors (Lipinski definition) is 2. The normalized spacial score (nSPS) is 10.7. The minimum absolute atomic E-state index is 0.952. The smallest absolute Gasteiger partial charge is 0.102 e. The standard InChI is InChI=1S/C8H8N2S/c1-5-2-3-6-7(8(5)11)10-4-9-6/h2-4,11H,1H3,(H,9,10). The quantitative estimate of drug-likeness (QED) is 0.574. The molecule has 3 heteroatoms. The molecule has 0 saturated heterocycles. The lowest BCUT2D eigenvalue weighted by molar-refractivity contribution is 1.31. The highest BCUT2D eigenvalue weighted by molar-refractivity contribution is 7.80. The highest BCUT2D eigenvalue weighted by Crippen LogP contribution is 2.21. The highest BCUT2D eigenvalue weighted by atomic mass is 32.1. The highest BCUT2D eigenvalue weighted by Gasteiger charge is 2.01. The van der Waals surface area contributed by atoms with Crippen molar-refractivity contribution >= 4 is 23.7 Å². The van der Waals surface area contributed by atoms with Crippen LogP contribution in [0.3, 0.4) is 0 Å². The van der Waals surface area contributed by atoms with Crippen molar-refractivity contribution in [1.29, 1.82) is 0 Å². The van der Waals surface area contributed by atoms with Crippen LogP contribution < -0.4 is 0 Å². The molecule has 0 bridgehead atoms. The van der Waals surface area contributed by atoms with Crippen molar-refractivity contribution < 1.29 is 0 Å². The summed E-state index contributed by atoms with van der Waals surface area (Å²) >= 11 is 4.35. The van der Waals surface area contributed by atoms with Crippen molar-refractivity contribution in [2.75, 3.05) is 0 Å². The van der Waals surface area contributed by atoms with Crippen LogP contribution in [-0.2, 0) is 0 Å². The Morgan fingerprint density at radius 3 is 3.09 bits per heavy atom. The molecule has 2 rings (SSSR count). The molecule has 0 atom stereocenters. The fraction of sp³-hybridized carbons (Fsp3) is 0.125. The molecule has 0 amide bonds. The van der Waals surface area contributed by atoms with E-state index in [4.69, 9.17) is 0 Å². The number of nitrogens with one attached hydrogen (secondary N) is 1. The zero-order chi connectivity index (χ0) is 7.84. The van der Waals surface area contributed by atoms with Crippen molar-refractivity contribution in [3.8, 4) is 0 Å². The van der Waals surface area contributed by atoms with Gasteiger partial charge in [-0.3, -0.25) is 0 Å². The van der Waals surface area contributed by atoms with Gasteiger partial charge in [0.2, 0.25) is 0 Å². The van der Waals surface area contributed by atoms with Gasteiger partial charge in [-0.15, -0.1) is 12.6 Å². The number of nitrogens with zero attached hydrogens (tertiary/aromatic N) is 1. The van der Waals surface area contributed by atoms with E-state index in [2.05, 4.69) is 22.6 Å². The van der Waals surface area contributed by atoms with Gasteiger partial charge in [-0.25, -0.2) is 4.98 Å². The third-order valence-corrected chi connectivity index (χ3v) is 2.33. The number of thiol groups is 1. The first-order valence-corrected chi connectivity index (χ1v) is 3.85. The van der Waals surface area contributed by atoms with Crippen molar-refractivity contribution in [3.63, 3.8) is 0 Å². The SMILES string of the molecule is Cc1ccc2[nH]cnc2c1S. The Morgan fingerprint density at radius 1 is 1.45 bits per heavy atom. The van der Waals surface area contributed by atoms with Gasteiger partial charge in [0.15, 0.2) is 0 Å². The topological polar surface area (TPSA) is 28.7 Å². The van der Waals surface area contributed by atoms with Crippen molar-refractivity contribution in [2.45, 2.75) is 11.8 Å². The molecule has 0 unspecified atom stereocenters. The summed E-state index contributed by atoms with van der Waals surface area (Å²) in [6.07, 6.45) is 1.68. The van der Waals surface area contributed by atoms with E-state index >= 15 is 0 Å². The molecular weight excluding hydrogens is 156 g/mol. The maximum absolute atomic E-state index is 4.35. The van der Waals surface area contributed by atoms with E-state index in [1.54, 1.807) is 6.33 Å². The maximum atomic E-state index is 4.35. The molecule has 0 radical (unpaired) electrons. The van der Waals surface area contributed by atoms with Crippen LogP contribution in [0.2, 0.25) is 0 Å². The molecule has 2 aromatic rings. The number of fused-ring (bicyclic) bond motifs is 1. The monoisotopic (exact) mass is 164 g/mol. The molecule has 11 heavy (non-hydrogen) atoms. The van der Waals surface area contributed by atoms with Gasteiger partial charge in [0, 0.05) is 4.90 Å². The molecule has 1 N–H and O–H groups in total. The first-order valence-electron chi connectivity index (χ1n) is 3.40. The lowest BCUT2D eigenvalue weighted by Gasteiger charge is -1.97. The molecule has 0 aliphatic carbocycles. The summed E-state index contributed by atoms with van der Waals surface area (Å²) in [5.41, 5.74) is 3.15. The Labute approximate surface area is 70.1 Å². The summed E-state index contributed by atoms with van der Waals surface area (Å²) in [4.78, 5) is 8.14. The Morgan fingerprint density at radius 2 is 2.27 bits per heavy atom. The van der Waals surface area contributed by atoms with Gasteiger partial charge in [0.1, 0.15) is 5.52 Å². The van der Waals surface area contributed by atoms with Crippen LogP contribution in [0.25, 0.3) is 11.0 Å². The number of imidazole rings is 1. The summed E-state index contributed by atoms with van der Waals surface area (Å²) in [6, 6.07) is 4.04. The Kier molecular flexibility index (Phi) is 1.39. The Hall–Kier alpha value is -0.960. The fourth-order valence-electron chi connectivity index (χ4n) is 1.09. The number of rotatable bonds is 0. The van der Waals surface area contributed by atoms with Gasteiger partial charge >= 0.3 is 0 Å². The summed E-state index contributed by atoms with van der Waals surface area (Å²) in [7, 11) is 0. The van der Waals surface area contributed by atoms with E-state index in [-0.39, 0.29) is 0 Å². The molecule has 0 aliphatic heterocycles. The molecular formula is C8H8N2S. The Balaban J connectivity index is 2.93. The average Bonchev–Trinajstić information content (AvgIpc) is 2.45. The number of aromatic nitrogens is 2. The summed E-state index contributed by atoms with van der Waals surface area (Å²) in [5.74, 6) is 0. The molecule has 0 fully saturated rings. The van der Waals surface area contributed by atoms with Crippen LogP contribution in [0, 0.1) is 6.92 Å². The second kappa shape index (κ2) is 2.27. The van der Waals surface area contributed by atoms with Crippen molar-refractivity contribution in [2.24, 2.45) is 0 Å². The molecule has 1 aromatic carbocycles. The van der Waals surface area contributed by atoms with Gasteiger partial charge in [-0.1, -0.05) is 6.07 Å². The van der Waals surface area contributed by atoms with E-state index in [1.165, 1.54) is 0 Å². The van der Waals surface area contributed by atoms with Crippen LogP contribution >= 0.6 is 12.6 Å². The maximum Gasteiger partial charge on any atom is 0.102 e. The molecule has 1 aromatic heterocycles. The van der Waals surface area contributed by atoms with E-state index < -0.39 is 0 Å². The van der Waals surface area contributed by atoms with Crippen LogP contribution in [0.5, 0.6) is 0 Å². The zero-order valence-corrected chi connectivity index (χ0v) is 7.02. The number of aryl methyl sites for hydroxylation is 1. The molecule has 0 saturated carbocycles. The largest absolute Gasteiger partial charge is 0.345 e. The predicted octanol–water partition coefficient (Wildman–Crippen LogP) is 2.16. The number of hydrogen-bond acceptors (Lipinski definition) is 2. The first-order chi connectivity index (χ1) is 5.29. The van der Waals surface area contributed by atoms with Crippen molar-refractivity contribution in [3.05, 3.63) is 24.0 Å². The second-order valence-corrected chi connectivity index (χ2v) is 2.98. The fourth-order valence-corrected chi connectivity index (χ4v) is 1.35. The molecule has 2 nitrogen and oxygen atoms in total. The second-order valence-electron chi connectivity index (χ2n) is 2.53. The van der Waals surface area contributed by atoms with Gasteiger partial charge in [-0.05, 0) is 18.6 Å². The minimum Gasteiger partial charge on any atom is -0.345 e. The van der Waals surface area contributed by atoms with E-state index in [0.717, 1.165) is 21.5 Å². The van der Waals surface area contributed by atoms with Crippen LogP contribution in [0.15, 0.2) is 23.4 Å². The summed E-state index contributed by atoms with van der Waals surface area (Å²) in [5, 5.41) is 0. The lowest BCUT2D eigenvalue weighted by atomic mass is 10.2. The third-order valence-electron chi connectivity index (χ3n) is 1.77. The van der Waals surface area contributed by atoms with Crippen LogP contribution in [-0.4, -0.2) is 9.97 Å². The first kappa shape index (κ1) is 6.73. The zero-order valence-electron chi connectivity index (χ0n) is 6.13. The number of aromatic amines is 1.